The third kappa shape index (κ3) is 5.87. The van der Waals surface area contributed by atoms with Crippen LogP contribution in [-0.2, 0) is 17.8 Å². The lowest BCUT2D eigenvalue weighted by atomic mass is 10.1. The molecule has 3 aliphatic heterocycles. The van der Waals surface area contributed by atoms with E-state index in [0.29, 0.717) is 44.8 Å². The number of likely N-dealkylation sites (tertiary alicyclic amines) is 1. The van der Waals surface area contributed by atoms with E-state index in [4.69, 9.17) is 26.3 Å². The van der Waals surface area contributed by atoms with Gasteiger partial charge in [0.05, 0.1) is 12.2 Å². The lowest BCUT2D eigenvalue weighted by Gasteiger charge is -2.40. The number of carbonyl (C=O) groups excluding carboxylic acids is 1. The van der Waals surface area contributed by atoms with Crippen molar-refractivity contribution in [2.45, 2.75) is 51.2 Å². The molecule has 10 nitrogen and oxygen atoms in total. The van der Waals surface area contributed by atoms with Gasteiger partial charge in [-0.3, -0.25) is 4.79 Å². The van der Waals surface area contributed by atoms with E-state index in [0.717, 1.165) is 55.2 Å². The number of benzene rings is 1. The van der Waals surface area contributed by atoms with Gasteiger partial charge in [0.15, 0.2) is 0 Å². The molecule has 1 aromatic carbocycles. The van der Waals surface area contributed by atoms with Gasteiger partial charge in [-0.1, -0.05) is 24.8 Å². The fourth-order valence-electron chi connectivity index (χ4n) is 6.80. The number of fused-ring (bicyclic) bond motifs is 2. The van der Waals surface area contributed by atoms with Gasteiger partial charge in [-0.05, 0) is 69.3 Å². The van der Waals surface area contributed by atoms with Gasteiger partial charge < -0.3 is 29.2 Å². The molecular weight excluding hydrogens is 540 g/mol. The quantitative estimate of drug-likeness (QED) is 0.308. The summed E-state index contributed by atoms with van der Waals surface area (Å²) >= 11 is 0. The van der Waals surface area contributed by atoms with Crippen LogP contribution in [0.4, 0.5) is 11.6 Å². The molecule has 2 aromatic heterocycles. The zero-order chi connectivity index (χ0) is 29.9. The van der Waals surface area contributed by atoms with Crippen LogP contribution in [0.3, 0.4) is 0 Å². The molecule has 2 saturated heterocycles. The third-order valence-electron chi connectivity index (χ3n) is 9.14. The van der Waals surface area contributed by atoms with Crippen molar-refractivity contribution in [3.63, 3.8) is 0 Å². The predicted octanol–water partition coefficient (Wildman–Crippen LogP) is 3.88. The number of anilines is 2. The second-order valence-corrected chi connectivity index (χ2v) is 11.9. The van der Waals surface area contributed by atoms with E-state index >= 15 is 0 Å². The minimum absolute atomic E-state index is 0.131. The molecule has 0 bridgehead atoms. The average Bonchev–Trinajstić information content (AvgIpc) is 3.31. The summed E-state index contributed by atoms with van der Waals surface area (Å²) in [7, 11) is 2.14. The normalized spacial score (nSPS) is 20.9. The van der Waals surface area contributed by atoms with Crippen LogP contribution in [-0.4, -0.2) is 95.7 Å². The number of aromatic nitrogens is 3. The van der Waals surface area contributed by atoms with Gasteiger partial charge in [-0.15, -0.1) is 0 Å². The molecule has 6 rings (SSSR count). The molecule has 224 valence electrons. The monoisotopic (exact) mass is 580 g/mol. The Labute approximate surface area is 253 Å². The van der Waals surface area contributed by atoms with Crippen LogP contribution in [0.2, 0.25) is 0 Å². The summed E-state index contributed by atoms with van der Waals surface area (Å²) in [5.74, 6) is 1.71. The Balaban J connectivity index is 1.36. The molecule has 3 aromatic rings. The summed E-state index contributed by atoms with van der Waals surface area (Å²) in [6, 6.07) is 8.95. The van der Waals surface area contributed by atoms with Crippen molar-refractivity contribution >= 4 is 28.3 Å². The fourth-order valence-corrected chi connectivity index (χ4v) is 6.80. The standard InChI is InChI=1S/C33H40N8O2/c1-5-29(42)41-18-17-40(20-26(41)19-34-3)31-27-12-8-16-39(32-30-23(2)9-6-10-24(30)13-14-35-32)21-28(27)36-33(37-31)43-22-25-11-7-15-38(25)4/h5-6,9-10,13-14,25-26H,1,7-8,11-12,15-22H2,2,4H3/t25-,26-/m0/s1. The van der Waals surface area contributed by atoms with Crippen molar-refractivity contribution < 1.29 is 9.53 Å². The van der Waals surface area contributed by atoms with Gasteiger partial charge in [0, 0.05) is 49.4 Å². The van der Waals surface area contributed by atoms with Crippen LogP contribution in [0.5, 0.6) is 6.01 Å². The van der Waals surface area contributed by atoms with Gasteiger partial charge in [0.25, 0.3) is 0 Å². The summed E-state index contributed by atoms with van der Waals surface area (Å²) in [6.07, 6.45) is 7.27. The van der Waals surface area contributed by atoms with Crippen LogP contribution in [0.25, 0.3) is 15.6 Å². The third-order valence-corrected chi connectivity index (χ3v) is 9.14. The topological polar surface area (TPSA) is 82.3 Å². The highest BCUT2D eigenvalue weighted by atomic mass is 16.5. The molecular formula is C33H40N8O2. The summed E-state index contributed by atoms with van der Waals surface area (Å²) in [6.45, 7) is 18.3. The summed E-state index contributed by atoms with van der Waals surface area (Å²) in [5.41, 5.74) is 3.28. The van der Waals surface area contributed by atoms with Crippen LogP contribution < -0.4 is 14.5 Å². The molecule has 2 atom stereocenters. The van der Waals surface area contributed by atoms with Crippen molar-refractivity contribution in [2.24, 2.45) is 0 Å². The Morgan fingerprint density at radius 3 is 2.79 bits per heavy atom. The maximum Gasteiger partial charge on any atom is 0.318 e. The molecule has 0 aliphatic carbocycles. The molecule has 0 unspecified atom stereocenters. The number of rotatable bonds is 7. The van der Waals surface area contributed by atoms with Crippen molar-refractivity contribution in [3.05, 3.63) is 71.4 Å². The van der Waals surface area contributed by atoms with Gasteiger partial charge in [0.2, 0.25) is 12.5 Å². The molecule has 0 radical (unpaired) electrons. The highest BCUT2D eigenvalue weighted by molar-refractivity contribution is 5.94. The lowest BCUT2D eigenvalue weighted by Crippen LogP contribution is -2.56. The number of piperazine rings is 1. The highest BCUT2D eigenvalue weighted by Crippen LogP contribution is 2.34. The molecule has 0 spiro atoms. The van der Waals surface area contributed by atoms with Crippen molar-refractivity contribution in [1.29, 1.82) is 0 Å². The fraction of sp³-hybridized carbons (Fsp3) is 0.485. The van der Waals surface area contributed by atoms with Crippen molar-refractivity contribution in [2.75, 3.05) is 62.7 Å². The SMILES string of the molecule is [C-]#[N+]C[C@H]1CN(c2nc(OC[C@@H]3CCCN3C)nc3c2CCCN(c2nccc4cccc(C)c24)C3)CCN1C(=O)C=C. The van der Waals surface area contributed by atoms with E-state index in [-0.39, 0.29) is 18.5 Å². The Morgan fingerprint density at radius 1 is 1.12 bits per heavy atom. The largest absolute Gasteiger partial charge is 0.462 e. The van der Waals surface area contributed by atoms with E-state index in [2.05, 4.69) is 64.4 Å². The number of pyridine rings is 1. The Morgan fingerprint density at radius 2 is 2.00 bits per heavy atom. The summed E-state index contributed by atoms with van der Waals surface area (Å²) in [5, 5.41) is 2.36. The van der Waals surface area contributed by atoms with Crippen LogP contribution in [0.15, 0.2) is 43.1 Å². The van der Waals surface area contributed by atoms with Crippen LogP contribution >= 0.6 is 0 Å². The van der Waals surface area contributed by atoms with Gasteiger partial charge >= 0.3 is 6.01 Å². The Hall–Kier alpha value is -4.23. The minimum atomic E-state index is -0.232. The predicted molar refractivity (Wildman–Crippen MR) is 168 cm³/mol. The molecule has 43 heavy (non-hydrogen) atoms. The zero-order valence-electron chi connectivity index (χ0n) is 25.2. The molecule has 10 heteroatoms. The molecule has 3 aliphatic rings. The highest BCUT2D eigenvalue weighted by Gasteiger charge is 2.34. The number of hydrogen-bond donors (Lipinski definition) is 0. The first-order valence-corrected chi connectivity index (χ1v) is 15.3. The summed E-state index contributed by atoms with van der Waals surface area (Å²) in [4.78, 5) is 39.8. The van der Waals surface area contributed by atoms with Gasteiger partial charge in [0.1, 0.15) is 24.3 Å². The summed E-state index contributed by atoms with van der Waals surface area (Å²) < 4.78 is 6.33. The van der Waals surface area contributed by atoms with Gasteiger partial charge in [-0.25, -0.2) is 11.6 Å². The number of ether oxygens (including phenoxy) is 1. The van der Waals surface area contributed by atoms with Gasteiger partial charge in [-0.2, -0.15) is 9.97 Å². The first-order valence-electron chi connectivity index (χ1n) is 15.3. The second-order valence-electron chi connectivity index (χ2n) is 11.9. The Kier molecular flexibility index (Phi) is 8.43. The molecule has 1 amide bonds. The maximum atomic E-state index is 12.6. The zero-order valence-corrected chi connectivity index (χ0v) is 25.2. The van der Waals surface area contributed by atoms with E-state index in [1.807, 2.05) is 6.20 Å². The average molecular weight is 581 g/mol. The molecule has 0 N–H and O–H groups in total. The van der Waals surface area contributed by atoms with Crippen LogP contribution in [0, 0.1) is 13.5 Å². The van der Waals surface area contributed by atoms with E-state index in [1.165, 1.54) is 28.8 Å². The minimum Gasteiger partial charge on any atom is -0.462 e. The van der Waals surface area contributed by atoms with Crippen molar-refractivity contribution in [3.8, 4) is 6.01 Å². The first kappa shape index (κ1) is 28.9. The first-order chi connectivity index (χ1) is 21.0. The smallest absolute Gasteiger partial charge is 0.318 e. The number of carbonyl (C=O) groups is 1. The van der Waals surface area contributed by atoms with Crippen molar-refractivity contribution in [1.82, 2.24) is 24.8 Å². The number of nitrogens with zero attached hydrogens (tertiary/aromatic N) is 8. The molecule has 0 saturated carbocycles. The lowest BCUT2D eigenvalue weighted by molar-refractivity contribution is -0.128. The number of likely N-dealkylation sites (N-methyl/N-ethyl adjacent to an activating group) is 1. The number of hydrogen-bond acceptors (Lipinski definition) is 8. The number of amides is 1. The second kappa shape index (κ2) is 12.6. The van der Waals surface area contributed by atoms with E-state index < -0.39 is 0 Å². The Bertz CT molecular complexity index is 1550. The number of aryl methyl sites for hydroxylation is 1. The van der Waals surface area contributed by atoms with E-state index in [9.17, 15) is 4.79 Å². The molecule has 2 fully saturated rings. The van der Waals surface area contributed by atoms with E-state index in [1.54, 1.807) is 4.90 Å². The molecule has 5 heterocycles. The maximum absolute atomic E-state index is 12.6. The van der Waals surface area contributed by atoms with Crippen LogP contribution in [0.1, 0.15) is 36.1 Å².